The lowest BCUT2D eigenvalue weighted by atomic mass is 9.78. The number of aromatic hydroxyl groups is 1. The summed E-state index contributed by atoms with van der Waals surface area (Å²) in [4.78, 5) is 0. The lowest BCUT2D eigenvalue weighted by Gasteiger charge is -2.28. The van der Waals surface area contributed by atoms with Crippen LogP contribution in [0.25, 0.3) is 6.08 Å². The number of nitrogens with zero attached hydrogens (tertiary/aromatic N) is 2. The molecule has 0 saturated heterocycles. The van der Waals surface area contributed by atoms with Gasteiger partial charge in [0.2, 0.25) is 0 Å². The van der Waals surface area contributed by atoms with Gasteiger partial charge in [0.1, 0.15) is 5.75 Å². The van der Waals surface area contributed by atoms with Crippen LogP contribution in [0.4, 0.5) is 0 Å². The zero-order chi connectivity index (χ0) is 18.0. The van der Waals surface area contributed by atoms with E-state index >= 15 is 0 Å². The smallest absolute Gasteiger partial charge is 0.175 e. The Morgan fingerprint density at radius 3 is 1.78 bits per heavy atom. The fourth-order valence-corrected chi connectivity index (χ4v) is 2.31. The highest BCUT2D eigenvalue weighted by atomic mass is 16.3. The third-order valence-electron chi connectivity index (χ3n) is 3.62. The lowest BCUT2D eigenvalue weighted by Crippen LogP contribution is -2.17. The Hall–Kier alpha value is -2.30. The van der Waals surface area contributed by atoms with Crippen molar-refractivity contribution in [1.29, 1.82) is 10.5 Å². The molecule has 1 aromatic carbocycles. The summed E-state index contributed by atoms with van der Waals surface area (Å²) >= 11 is 0. The van der Waals surface area contributed by atoms with Crippen molar-refractivity contribution in [1.82, 2.24) is 0 Å². The summed E-state index contributed by atoms with van der Waals surface area (Å²) < 4.78 is 0. The second-order valence-electron chi connectivity index (χ2n) is 7.71. The first kappa shape index (κ1) is 18.7. The minimum Gasteiger partial charge on any atom is -0.507 e. The molecular formula is C19H24N2O2. The predicted molar refractivity (Wildman–Crippen MR) is 90.7 cm³/mol. The summed E-state index contributed by atoms with van der Waals surface area (Å²) in [5.41, 5.74) is 1.63. The first-order chi connectivity index (χ1) is 10.4. The predicted octanol–water partition coefficient (Wildman–Crippen LogP) is 3.78. The largest absolute Gasteiger partial charge is 0.507 e. The van der Waals surface area contributed by atoms with Gasteiger partial charge >= 0.3 is 0 Å². The third kappa shape index (κ3) is 4.34. The summed E-state index contributed by atoms with van der Waals surface area (Å²) in [7, 11) is 0. The molecule has 0 aliphatic heterocycles. The van der Waals surface area contributed by atoms with E-state index in [-0.39, 0.29) is 22.2 Å². The molecule has 2 N–H and O–H groups in total. The molecule has 0 aliphatic carbocycles. The fourth-order valence-electron chi connectivity index (χ4n) is 2.31. The van der Waals surface area contributed by atoms with Crippen LogP contribution in [0.3, 0.4) is 0 Å². The van der Waals surface area contributed by atoms with Crippen molar-refractivity contribution in [3.8, 4) is 17.9 Å². The maximum absolute atomic E-state index is 10.6. The minimum atomic E-state index is -1.45. The van der Waals surface area contributed by atoms with Gasteiger partial charge < -0.3 is 10.2 Å². The number of nitriles is 2. The number of aliphatic hydroxyl groups is 1. The zero-order valence-corrected chi connectivity index (χ0v) is 14.6. The molecule has 23 heavy (non-hydrogen) atoms. The van der Waals surface area contributed by atoms with E-state index < -0.39 is 6.10 Å². The van der Waals surface area contributed by atoms with Crippen LogP contribution in [0.5, 0.6) is 5.75 Å². The van der Waals surface area contributed by atoms with E-state index in [9.17, 15) is 10.2 Å². The van der Waals surface area contributed by atoms with Crippen LogP contribution >= 0.6 is 0 Å². The van der Waals surface area contributed by atoms with Crippen molar-refractivity contribution in [2.75, 3.05) is 0 Å². The van der Waals surface area contributed by atoms with Crippen molar-refractivity contribution < 1.29 is 10.2 Å². The summed E-state index contributed by atoms with van der Waals surface area (Å²) in [6, 6.07) is 7.11. The molecule has 1 unspecified atom stereocenters. The van der Waals surface area contributed by atoms with Gasteiger partial charge in [0.25, 0.3) is 0 Å². The van der Waals surface area contributed by atoms with Gasteiger partial charge in [-0.2, -0.15) is 10.5 Å². The summed E-state index contributed by atoms with van der Waals surface area (Å²) in [5, 5.41) is 38.2. The van der Waals surface area contributed by atoms with Gasteiger partial charge in [-0.1, -0.05) is 41.5 Å². The number of rotatable bonds is 2. The SMILES string of the molecule is CC(C)(C)c1cc(/C=C(/C#N)C(O)C#N)cc(C(C)(C)C)c1O. The van der Waals surface area contributed by atoms with E-state index in [0.717, 1.165) is 11.1 Å². The molecule has 0 aromatic heterocycles. The third-order valence-corrected chi connectivity index (χ3v) is 3.62. The van der Waals surface area contributed by atoms with E-state index in [1.165, 1.54) is 6.08 Å². The van der Waals surface area contributed by atoms with Crippen LogP contribution in [0.1, 0.15) is 58.2 Å². The second-order valence-corrected chi connectivity index (χ2v) is 7.71. The Labute approximate surface area is 138 Å². The number of aliphatic hydroxyl groups excluding tert-OH is 1. The average molecular weight is 312 g/mol. The number of hydrogen-bond donors (Lipinski definition) is 2. The Balaban J connectivity index is 3.68. The maximum atomic E-state index is 10.6. The lowest BCUT2D eigenvalue weighted by molar-refractivity contribution is 0.271. The van der Waals surface area contributed by atoms with Crippen LogP contribution in [-0.4, -0.2) is 16.3 Å². The Kier molecular flexibility index (Phi) is 5.25. The molecule has 0 radical (unpaired) electrons. The Bertz CT molecular complexity index is 670. The molecule has 0 heterocycles. The van der Waals surface area contributed by atoms with E-state index in [2.05, 4.69) is 0 Å². The molecule has 1 aromatic rings. The summed E-state index contributed by atoms with van der Waals surface area (Å²) in [6.45, 7) is 12.0. The molecule has 0 fully saturated rings. The van der Waals surface area contributed by atoms with Gasteiger partial charge in [-0.3, -0.25) is 0 Å². The Morgan fingerprint density at radius 2 is 1.48 bits per heavy atom. The molecule has 4 heteroatoms. The molecule has 122 valence electrons. The van der Waals surface area contributed by atoms with E-state index in [1.807, 2.05) is 47.6 Å². The topological polar surface area (TPSA) is 88.0 Å². The van der Waals surface area contributed by atoms with Gasteiger partial charge in [0, 0.05) is 11.1 Å². The molecule has 1 rings (SSSR count). The molecular weight excluding hydrogens is 288 g/mol. The number of hydrogen-bond acceptors (Lipinski definition) is 4. The monoisotopic (exact) mass is 312 g/mol. The molecule has 0 amide bonds. The van der Waals surface area contributed by atoms with Crippen LogP contribution in [0.2, 0.25) is 0 Å². The van der Waals surface area contributed by atoms with Crippen molar-refractivity contribution in [3.63, 3.8) is 0 Å². The first-order valence-corrected chi connectivity index (χ1v) is 7.49. The molecule has 0 bridgehead atoms. The van der Waals surface area contributed by atoms with Crippen molar-refractivity contribution in [2.45, 2.75) is 58.5 Å². The number of phenolic OH excluding ortho intramolecular Hbond substituents is 1. The molecule has 0 aliphatic rings. The quantitative estimate of drug-likeness (QED) is 0.642. The van der Waals surface area contributed by atoms with Crippen molar-refractivity contribution >= 4 is 6.08 Å². The highest BCUT2D eigenvalue weighted by Gasteiger charge is 2.26. The van der Waals surface area contributed by atoms with Crippen LogP contribution in [-0.2, 0) is 10.8 Å². The van der Waals surface area contributed by atoms with Crippen molar-refractivity contribution in [3.05, 3.63) is 34.4 Å². The van der Waals surface area contributed by atoms with Gasteiger partial charge in [-0.25, -0.2) is 0 Å². The zero-order valence-electron chi connectivity index (χ0n) is 14.6. The van der Waals surface area contributed by atoms with E-state index in [4.69, 9.17) is 10.5 Å². The normalized spacial score (nSPS) is 14.0. The standard InChI is InChI=1S/C19H24N2O2/c1-18(2,3)14-8-12(7-13(10-20)16(22)11-21)9-15(17(14)23)19(4,5)6/h7-9,16,22-23H,1-6H3/b13-7-. The van der Waals surface area contributed by atoms with E-state index in [0.29, 0.717) is 5.56 Å². The van der Waals surface area contributed by atoms with Gasteiger partial charge in [0.15, 0.2) is 6.10 Å². The van der Waals surface area contributed by atoms with Gasteiger partial charge in [-0.05, 0) is 34.6 Å². The second kappa shape index (κ2) is 6.44. The highest BCUT2D eigenvalue weighted by molar-refractivity contribution is 5.64. The van der Waals surface area contributed by atoms with Crippen LogP contribution in [0, 0.1) is 22.7 Å². The van der Waals surface area contributed by atoms with Gasteiger partial charge in [-0.15, -0.1) is 0 Å². The van der Waals surface area contributed by atoms with Gasteiger partial charge in [0.05, 0.1) is 17.7 Å². The first-order valence-electron chi connectivity index (χ1n) is 7.49. The van der Waals surface area contributed by atoms with Crippen LogP contribution in [0.15, 0.2) is 17.7 Å². The average Bonchev–Trinajstić information content (AvgIpc) is 2.42. The molecule has 1 atom stereocenters. The molecule has 0 spiro atoms. The maximum Gasteiger partial charge on any atom is 0.175 e. The molecule has 0 saturated carbocycles. The number of phenols is 1. The fraction of sp³-hybridized carbons (Fsp3) is 0.474. The Morgan fingerprint density at radius 1 is 1.04 bits per heavy atom. The summed E-state index contributed by atoms with van der Waals surface area (Å²) in [6.07, 6.45) is 0.0441. The van der Waals surface area contributed by atoms with E-state index in [1.54, 1.807) is 18.2 Å². The highest BCUT2D eigenvalue weighted by Crippen LogP contribution is 2.40. The number of benzene rings is 1. The van der Waals surface area contributed by atoms with Crippen molar-refractivity contribution in [2.24, 2.45) is 0 Å². The summed E-state index contributed by atoms with van der Waals surface area (Å²) in [5.74, 6) is 0.251. The van der Waals surface area contributed by atoms with Crippen LogP contribution < -0.4 is 0 Å². The molecule has 4 nitrogen and oxygen atoms in total. The minimum absolute atomic E-state index is 0.0158.